The molecule has 0 aromatic heterocycles. The Morgan fingerprint density at radius 3 is 1.48 bits per heavy atom. The van der Waals surface area contributed by atoms with Gasteiger partial charge in [0.15, 0.2) is 0 Å². The first-order chi connectivity index (χ1) is 25.2. The predicted octanol–water partition coefficient (Wildman–Crippen LogP) is 6.65. The second-order valence-corrected chi connectivity index (χ2v) is 16.4. The van der Waals surface area contributed by atoms with Gasteiger partial charge in [-0.3, -0.25) is 9.59 Å². The first kappa shape index (κ1) is 48.0. The summed E-state index contributed by atoms with van der Waals surface area (Å²) >= 11 is 0. The molecule has 0 saturated carbocycles. The lowest BCUT2D eigenvalue weighted by Crippen LogP contribution is -2.54. The largest absolute Gasteiger partial charge is 0.444 e. The van der Waals surface area contributed by atoms with Gasteiger partial charge in [-0.1, -0.05) is 43.2 Å². The molecule has 5 N–H and O–H groups in total. The number of carbonyl (C=O) groups is 5. The molecule has 0 fully saturated rings. The Morgan fingerprint density at radius 2 is 0.963 bits per heavy atom. The van der Waals surface area contributed by atoms with Crippen molar-refractivity contribution in [2.75, 3.05) is 26.2 Å². The fourth-order valence-corrected chi connectivity index (χ4v) is 5.00. The number of ether oxygens (including phenoxy) is 4. The number of rotatable bonds is 23. The van der Waals surface area contributed by atoms with E-state index in [0.717, 1.165) is 31.2 Å². The van der Waals surface area contributed by atoms with Crippen LogP contribution in [0.25, 0.3) is 0 Å². The zero-order valence-electron chi connectivity index (χ0n) is 34.3. The highest BCUT2D eigenvalue weighted by molar-refractivity contribution is 5.91. The molecule has 1 aromatic rings. The van der Waals surface area contributed by atoms with Gasteiger partial charge < -0.3 is 45.5 Å². The van der Waals surface area contributed by atoms with Crippen molar-refractivity contribution in [2.24, 2.45) is 0 Å². The van der Waals surface area contributed by atoms with Gasteiger partial charge in [0.25, 0.3) is 0 Å². The maximum atomic E-state index is 13.7. The Hall–Kier alpha value is -4.07. The fraction of sp³-hybridized carbons (Fsp3) is 0.725. The van der Waals surface area contributed by atoms with Gasteiger partial charge in [-0.05, 0) is 119 Å². The van der Waals surface area contributed by atoms with E-state index in [1.54, 1.807) is 62.3 Å². The van der Waals surface area contributed by atoms with Gasteiger partial charge >= 0.3 is 18.3 Å². The zero-order valence-corrected chi connectivity index (χ0v) is 34.3. The van der Waals surface area contributed by atoms with E-state index in [2.05, 4.69) is 26.6 Å². The van der Waals surface area contributed by atoms with E-state index in [-0.39, 0.29) is 12.3 Å². The van der Waals surface area contributed by atoms with Crippen molar-refractivity contribution < 1.29 is 42.9 Å². The van der Waals surface area contributed by atoms with Gasteiger partial charge in [0.2, 0.25) is 11.8 Å². The molecule has 0 aliphatic carbocycles. The average Bonchev–Trinajstić information content (AvgIpc) is 3.04. The van der Waals surface area contributed by atoms with E-state index in [0.29, 0.717) is 65.0 Å². The van der Waals surface area contributed by atoms with Crippen molar-refractivity contribution in [3.8, 4) is 0 Å². The van der Waals surface area contributed by atoms with Crippen LogP contribution < -0.4 is 26.6 Å². The normalized spacial score (nSPS) is 12.8. The quantitative estimate of drug-likeness (QED) is 0.0602. The summed E-state index contributed by atoms with van der Waals surface area (Å²) in [5.41, 5.74) is -0.888. The second-order valence-electron chi connectivity index (χ2n) is 16.4. The van der Waals surface area contributed by atoms with Crippen molar-refractivity contribution in [3.63, 3.8) is 0 Å². The Labute approximate surface area is 323 Å². The zero-order chi connectivity index (χ0) is 40.6. The summed E-state index contributed by atoms with van der Waals surface area (Å²) < 4.78 is 21.7. The maximum Gasteiger partial charge on any atom is 0.408 e. The van der Waals surface area contributed by atoms with Gasteiger partial charge in [-0.25, -0.2) is 14.4 Å². The third-order valence-electron chi connectivity index (χ3n) is 7.44. The van der Waals surface area contributed by atoms with Crippen LogP contribution in [0.15, 0.2) is 30.3 Å². The molecule has 5 amide bonds. The molecule has 0 unspecified atom stereocenters. The molecule has 0 heterocycles. The summed E-state index contributed by atoms with van der Waals surface area (Å²) in [5, 5.41) is 13.9. The Kier molecular flexibility index (Phi) is 22.3. The Bertz CT molecular complexity index is 1260. The molecule has 54 heavy (non-hydrogen) atoms. The van der Waals surface area contributed by atoms with Gasteiger partial charge in [-0.15, -0.1) is 0 Å². The van der Waals surface area contributed by atoms with Gasteiger partial charge in [0, 0.05) is 26.2 Å². The van der Waals surface area contributed by atoms with Crippen LogP contribution in [0.5, 0.6) is 0 Å². The van der Waals surface area contributed by atoms with Crippen LogP contribution in [0.4, 0.5) is 14.4 Å². The number of carbonyl (C=O) groups excluding carboxylic acids is 5. The van der Waals surface area contributed by atoms with E-state index < -0.39 is 53.1 Å². The van der Waals surface area contributed by atoms with E-state index in [4.69, 9.17) is 18.9 Å². The minimum absolute atomic E-state index is 0.240. The van der Waals surface area contributed by atoms with Crippen molar-refractivity contribution >= 4 is 30.1 Å². The molecule has 1 rings (SSSR count). The van der Waals surface area contributed by atoms with Gasteiger partial charge in [0.05, 0.1) is 6.61 Å². The van der Waals surface area contributed by atoms with E-state index in [1.807, 2.05) is 30.3 Å². The first-order valence-electron chi connectivity index (χ1n) is 19.4. The molecule has 1 aromatic carbocycles. The number of hydrogen-bond acceptors (Lipinski definition) is 9. The van der Waals surface area contributed by atoms with Gasteiger partial charge in [0.1, 0.15) is 28.9 Å². The van der Waals surface area contributed by atoms with Crippen LogP contribution >= 0.6 is 0 Å². The second kappa shape index (κ2) is 25.1. The van der Waals surface area contributed by atoms with E-state index >= 15 is 0 Å². The highest BCUT2D eigenvalue weighted by atomic mass is 16.6. The van der Waals surface area contributed by atoms with Crippen LogP contribution in [-0.4, -0.2) is 85.2 Å². The monoisotopic (exact) mass is 764 g/mol. The SMILES string of the molecule is CC(C)(C)OC(=O)NCCCC[C@H](NC(=O)OC(C)(C)C)C(=O)N[C@@H](CCCCNC(=O)OC(C)(C)C)C(=O)NCCCCCCOCc1ccccc1. The van der Waals surface area contributed by atoms with Crippen LogP contribution in [-0.2, 0) is 35.1 Å². The molecule has 0 spiro atoms. The Morgan fingerprint density at radius 1 is 0.519 bits per heavy atom. The maximum absolute atomic E-state index is 13.7. The fourth-order valence-electron chi connectivity index (χ4n) is 5.00. The predicted molar refractivity (Wildman–Crippen MR) is 209 cm³/mol. The molecular formula is C40H69N5O9. The van der Waals surface area contributed by atoms with Crippen molar-refractivity contribution in [1.29, 1.82) is 0 Å². The van der Waals surface area contributed by atoms with Crippen molar-refractivity contribution in [2.45, 2.75) is 162 Å². The van der Waals surface area contributed by atoms with E-state index in [1.165, 1.54) is 0 Å². The van der Waals surface area contributed by atoms with Crippen molar-refractivity contribution in [1.82, 2.24) is 26.6 Å². The van der Waals surface area contributed by atoms with Crippen molar-refractivity contribution in [3.05, 3.63) is 35.9 Å². The third kappa shape index (κ3) is 26.7. The van der Waals surface area contributed by atoms with E-state index in [9.17, 15) is 24.0 Å². The summed E-state index contributed by atoms with van der Waals surface area (Å²) in [4.78, 5) is 63.8. The molecule has 0 radical (unpaired) electrons. The summed E-state index contributed by atoms with van der Waals surface area (Å²) in [6, 6.07) is 8.16. The number of alkyl carbamates (subject to hydrolysis) is 3. The average molecular weight is 764 g/mol. The van der Waals surface area contributed by atoms with Crippen LogP contribution in [0.2, 0.25) is 0 Å². The minimum atomic E-state index is -0.991. The first-order valence-corrected chi connectivity index (χ1v) is 19.4. The molecule has 14 heteroatoms. The number of benzene rings is 1. The minimum Gasteiger partial charge on any atom is -0.444 e. The standard InChI is InChI=1S/C40H69N5O9/c1-38(2,3)52-35(48)42-26-18-15-23-31(33(46)41-25-17-10-11-20-28-51-29-30-21-13-12-14-22-30)44-34(47)32(45-37(50)54-40(7,8)9)24-16-19-27-43-36(49)53-39(4,5)6/h12-14,21-22,31-32H,10-11,15-20,23-29H2,1-9H3,(H,41,46)(H,42,48)(H,43,49)(H,44,47)(H,45,50)/t31-,32-/m0/s1. The number of unbranched alkanes of at least 4 members (excludes halogenated alkanes) is 5. The molecule has 0 aliphatic rings. The highest BCUT2D eigenvalue weighted by Crippen LogP contribution is 2.12. The summed E-state index contributed by atoms with van der Waals surface area (Å²) in [5.74, 6) is -0.851. The summed E-state index contributed by atoms with van der Waals surface area (Å²) in [6.45, 7) is 18.2. The summed E-state index contributed by atoms with van der Waals surface area (Å²) in [7, 11) is 0. The molecule has 2 atom stereocenters. The van der Waals surface area contributed by atoms with Crippen LogP contribution in [0, 0.1) is 0 Å². The third-order valence-corrected chi connectivity index (χ3v) is 7.44. The highest BCUT2D eigenvalue weighted by Gasteiger charge is 2.28. The number of hydrogen-bond donors (Lipinski definition) is 5. The topological polar surface area (TPSA) is 182 Å². The number of amides is 5. The lowest BCUT2D eigenvalue weighted by Gasteiger charge is -2.25. The molecule has 0 aliphatic heterocycles. The van der Waals surface area contributed by atoms with Crippen LogP contribution in [0.1, 0.15) is 132 Å². The number of nitrogens with one attached hydrogen (secondary N) is 5. The molecule has 0 bridgehead atoms. The molecular weight excluding hydrogens is 694 g/mol. The van der Waals surface area contributed by atoms with Gasteiger partial charge in [-0.2, -0.15) is 0 Å². The molecule has 308 valence electrons. The smallest absolute Gasteiger partial charge is 0.408 e. The lowest BCUT2D eigenvalue weighted by atomic mass is 10.1. The lowest BCUT2D eigenvalue weighted by molar-refractivity contribution is -0.130. The molecule has 14 nitrogen and oxygen atoms in total. The van der Waals surface area contributed by atoms with Crippen LogP contribution in [0.3, 0.4) is 0 Å². The molecule has 0 saturated heterocycles. The summed E-state index contributed by atoms with van der Waals surface area (Å²) in [6.07, 6.45) is 4.37. The Balaban J connectivity index is 2.78.